The lowest BCUT2D eigenvalue weighted by molar-refractivity contribution is -0.173. The third kappa shape index (κ3) is 22.1. The third-order valence-electron chi connectivity index (χ3n) is 7.49. The molecule has 2 N–H and O–H groups in total. The zero-order chi connectivity index (χ0) is 31.3. The summed E-state index contributed by atoms with van der Waals surface area (Å²) in [5.74, 6) is 0.743. The minimum atomic E-state index is -0.962. The van der Waals surface area contributed by atoms with Crippen LogP contribution in [0, 0.1) is 17.8 Å². The molecule has 1 aliphatic heterocycles. The van der Waals surface area contributed by atoms with Crippen LogP contribution < -0.4 is 0 Å². The van der Waals surface area contributed by atoms with Crippen LogP contribution in [-0.4, -0.2) is 96.1 Å². The molecule has 0 aliphatic carbocycles. The van der Waals surface area contributed by atoms with E-state index in [0.717, 1.165) is 38.5 Å². The first kappa shape index (κ1) is 41.6. The molecule has 8 atom stereocenters. The third-order valence-corrected chi connectivity index (χ3v) is 7.76. The molecule has 1 fully saturated rings. The molecule has 0 spiro atoms. The standard InChI is InChI=1S/C21H43NO3.C8H17NO2.C2H3BrO/c1-8-11-19(6)22(7)13-10-12-16(3)14-17(4)15-18(5)21(24)25-20(23)9-2;1-6-4-7(9(2)3)5-8(10)11-6;3-1-2-4/h16-20,23H,8-15H2,1-7H3;6-8,10H,4-5H2,1-3H3;2H,1H2/t16?,17?,18?,19-,20?;;/m1../s1. The Labute approximate surface area is 254 Å². The molecular weight excluding hydrogens is 576 g/mol. The van der Waals surface area contributed by atoms with E-state index in [1.165, 1.54) is 25.7 Å². The number of esters is 1. The van der Waals surface area contributed by atoms with E-state index in [4.69, 9.17) is 14.3 Å². The van der Waals surface area contributed by atoms with Gasteiger partial charge in [-0.1, -0.05) is 57.0 Å². The van der Waals surface area contributed by atoms with Crippen molar-refractivity contribution in [1.29, 1.82) is 0 Å². The van der Waals surface area contributed by atoms with Gasteiger partial charge in [0.25, 0.3) is 0 Å². The molecule has 1 aliphatic rings. The summed E-state index contributed by atoms with van der Waals surface area (Å²) in [4.78, 5) is 25.6. The highest BCUT2D eigenvalue weighted by Gasteiger charge is 2.26. The fourth-order valence-electron chi connectivity index (χ4n) is 5.00. The van der Waals surface area contributed by atoms with Crippen LogP contribution in [0.15, 0.2) is 0 Å². The van der Waals surface area contributed by atoms with Crippen molar-refractivity contribution in [3.05, 3.63) is 0 Å². The number of aliphatic hydroxyl groups is 2. The highest BCUT2D eigenvalue weighted by Crippen LogP contribution is 2.24. The number of carbonyl (C=O) groups is 2. The van der Waals surface area contributed by atoms with Crippen LogP contribution in [0.4, 0.5) is 0 Å². The number of rotatable bonds is 16. The zero-order valence-electron chi connectivity index (χ0n) is 27.3. The normalized spacial score (nSPS) is 22.6. The number of carbonyl (C=O) groups excluding carboxylic acids is 2. The lowest BCUT2D eigenvalue weighted by Gasteiger charge is -2.34. The minimum Gasteiger partial charge on any atom is -0.436 e. The molecule has 0 amide bonds. The van der Waals surface area contributed by atoms with E-state index in [1.54, 1.807) is 6.92 Å². The maximum atomic E-state index is 11.9. The van der Waals surface area contributed by atoms with Crippen LogP contribution in [-0.2, 0) is 19.1 Å². The van der Waals surface area contributed by atoms with Gasteiger partial charge in [-0.25, -0.2) is 0 Å². The van der Waals surface area contributed by atoms with Crippen molar-refractivity contribution in [2.75, 3.05) is 33.0 Å². The number of nitrogens with zero attached hydrogens (tertiary/aromatic N) is 2. The molecule has 0 aromatic rings. The Morgan fingerprint density at radius 1 is 1.07 bits per heavy atom. The predicted molar refractivity (Wildman–Crippen MR) is 168 cm³/mol. The summed E-state index contributed by atoms with van der Waals surface area (Å²) in [7, 11) is 6.30. The predicted octanol–water partition coefficient (Wildman–Crippen LogP) is 5.86. The summed E-state index contributed by atoms with van der Waals surface area (Å²) < 4.78 is 10.2. The van der Waals surface area contributed by atoms with Crippen LogP contribution in [0.1, 0.15) is 106 Å². The molecule has 40 heavy (non-hydrogen) atoms. The highest BCUT2D eigenvalue weighted by atomic mass is 79.9. The minimum absolute atomic E-state index is 0.149. The molecule has 0 radical (unpaired) electrons. The van der Waals surface area contributed by atoms with Gasteiger partial charge < -0.3 is 34.3 Å². The van der Waals surface area contributed by atoms with Gasteiger partial charge in [-0.2, -0.15) is 0 Å². The van der Waals surface area contributed by atoms with Crippen molar-refractivity contribution >= 4 is 28.2 Å². The van der Waals surface area contributed by atoms with Gasteiger partial charge in [0.15, 0.2) is 12.6 Å². The van der Waals surface area contributed by atoms with E-state index in [9.17, 15) is 15.0 Å². The lowest BCUT2D eigenvalue weighted by atomic mass is 9.87. The van der Waals surface area contributed by atoms with Gasteiger partial charge in [-0.05, 0) is 91.9 Å². The first-order chi connectivity index (χ1) is 18.7. The summed E-state index contributed by atoms with van der Waals surface area (Å²) in [6.07, 6.45) is 8.60. The van der Waals surface area contributed by atoms with Gasteiger partial charge >= 0.3 is 5.97 Å². The number of alkyl halides is 1. The Morgan fingerprint density at radius 2 is 1.68 bits per heavy atom. The topological polar surface area (TPSA) is 99.5 Å². The molecule has 8 nitrogen and oxygen atoms in total. The van der Waals surface area contributed by atoms with Crippen LogP contribution in [0.2, 0.25) is 0 Å². The summed E-state index contributed by atoms with van der Waals surface area (Å²) in [5.41, 5.74) is 0. The zero-order valence-corrected chi connectivity index (χ0v) is 28.9. The molecule has 9 heteroatoms. The number of halogens is 1. The van der Waals surface area contributed by atoms with Crippen LogP contribution >= 0.6 is 15.9 Å². The Bertz CT molecular complexity index is 617. The van der Waals surface area contributed by atoms with Crippen LogP contribution in [0.25, 0.3) is 0 Å². The number of aldehydes is 1. The molecule has 1 saturated heterocycles. The van der Waals surface area contributed by atoms with E-state index in [1.807, 2.05) is 27.9 Å². The maximum Gasteiger partial charge on any atom is 0.310 e. The number of ether oxygens (including phenoxy) is 2. The van der Waals surface area contributed by atoms with Crippen molar-refractivity contribution < 1.29 is 29.3 Å². The Balaban J connectivity index is 0. The van der Waals surface area contributed by atoms with Gasteiger partial charge in [0, 0.05) is 24.9 Å². The Kier molecular flexibility index (Phi) is 25.9. The quantitative estimate of drug-likeness (QED) is 0.0938. The Morgan fingerprint density at radius 3 is 2.15 bits per heavy atom. The van der Waals surface area contributed by atoms with Gasteiger partial charge in [-0.15, -0.1) is 0 Å². The van der Waals surface area contributed by atoms with E-state index < -0.39 is 12.6 Å². The molecule has 7 unspecified atom stereocenters. The van der Waals surface area contributed by atoms with E-state index in [0.29, 0.717) is 35.7 Å². The maximum absolute atomic E-state index is 11.9. The second-order valence-electron chi connectivity index (χ2n) is 12.0. The molecular formula is C31H63BrN2O6. The van der Waals surface area contributed by atoms with Crippen molar-refractivity contribution in [2.45, 2.75) is 137 Å². The largest absolute Gasteiger partial charge is 0.436 e. The summed E-state index contributed by atoms with van der Waals surface area (Å²) >= 11 is 2.88. The number of aliphatic hydroxyl groups excluding tert-OH is 2. The molecule has 0 bridgehead atoms. The second kappa shape index (κ2) is 25.0. The first-order valence-corrected chi connectivity index (χ1v) is 16.4. The Hall–Kier alpha value is -0.580. The van der Waals surface area contributed by atoms with Crippen molar-refractivity contribution in [2.24, 2.45) is 17.8 Å². The smallest absolute Gasteiger partial charge is 0.310 e. The van der Waals surface area contributed by atoms with Crippen LogP contribution in [0.5, 0.6) is 0 Å². The SMILES string of the molecule is CC1CC(N(C)C)CC(O)O1.CCC[C@@H](C)N(C)CCCC(C)CC(C)CC(C)C(=O)OC(O)CC.O=CCBr. The van der Waals surface area contributed by atoms with Gasteiger partial charge in [0.1, 0.15) is 6.29 Å². The van der Waals surface area contributed by atoms with Crippen molar-refractivity contribution in [3.63, 3.8) is 0 Å². The average Bonchev–Trinajstić information content (AvgIpc) is 2.88. The second-order valence-corrected chi connectivity index (χ2v) is 12.6. The molecule has 0 aromatic carbocycles. The summed E-state index contributed by atoms with van der Waals surface area (Å²) in [6, 6.07) is 1.14. The molecule has 0 saturated carbocycles. The number of hydrogen-bond acceptors (Lipinski definition) is 8. The molecule has 240 valence electrons. The van der Waals surface area contributed by atoms with E-state index in [2.05, 4.69) is 60.5 Å². The molecule has 1 rings (SSSR count). The fourth-order valence-corrected chi connectivity index (χ4v) is 5.00. The van der Waals surface area contributed by atoms with E-state index >= 15 is 0 Å². The highest BCUT2D eigenvalue weighted by molar-refractivity contribution is 9.09. The average molecular weight is 640 g/mol. The van der Waals surface area contributed by atoms with E-state index in [-0.39, 0.29) is 18.0 Å². The monoisotopic (exact) mass is 638 g/mol. The van der Waals surface area contributed by atoms with Gasteiger partial charge in [0.2, 0.25) is 0 Å². The van der Waals surface area contributed by atoms with Crippen molar-refractivity contribution in [3.8, 4) is 0 Å². The summed E-state index contributed by atoms with van der Waals surface area (Å²) in [5, 5.41) is 19.1. The fraction of sp³-hybridized carbons (Fsp3) is 0.935. The molecule has 1 heterocycles. The van der Waals surface area contributed by atoms with Gasteiger partial charge in [0.05, 0.1) is 17.4 Å². The lowest BCUT2D eigenvalue weighted by Crippen LogP contribution is -2.41. The van der Waals surface area contributed by atoms with Crippen LogP contribution in [0.3, 0.4) is 0 Å². The van der Waals surface area contributed by atoms with Gasteiger partial charge in [-0.3, -0.25) is 4.79 Å². The number of hydrogen-bond donors (Lipinski definition) is 2. The molecule has 0 aromatic heterocycles. The first-order valence-electron chi connectivity index (χ1n) is 15.3. The van der Waals surface area contributed by atoms with Crippen molar-refractivity contribution in [1.82, 2.24) is 9.80 Å². The summed E-state index contributed by atoms with van der Waals surface area (Å²) in [6.45, 7) is 15.9.